The van der Waals surface area contributed by atoms with Crippen molar-refractivity contribution < 1.29 is 13.9 Å². The van der Waals surface area contributed by atoms with Gasteiger partial charge in [0, 0.05) is 5.92 Å². The minimum absolute atomic E-state index is 0.143. The predicted molar refractivity (Wildman–Crippen MR) is 118 cm³/mol. The number of hydrogen-bond acceptors (Lipinski definition) is 3. The summed E-state index contributed by atoms with van der Waals surface area (Å²) in [5.74, 6) is 1.17. The molecular formula is C23H40O3Si. The van der Waals surface area contributed by atoms with Crippen molar-refractivity contribution in [2.45, 2.75) is 84.4 Å². The van der Waals surface area contributed by atoms with Crippen LogP contribution in [0.4, 0.5) is 0 Å². The fourth-order valence-corrected chi connectivity index (χ4v) is 4.32. The summed E-state index contributed by atoms with van der Waals surface area (Å²) in [5, 5.41) is 0.192. The second-order valence-corrected chi connectivity index (χ2v) is 13.7. The molecule has 0 unspecified atom stereocenters. The monoisotopic (exact) mass is 392 g/mol. The summed E-state index contributed by atoms with van der Waals surface area (Å²) in [5.41, 5.74) is 1.16. The zero-order chi connectivity index (χ0) is 20.7. The molecule has 0 saturated heterocycles. The number of methoxy groups -OCH3 is 1. The first-order valence-electron chi connectivity index (χ1n) is 10.1. The maximum atomic E-state index is 6.74. The van der Waals surface area contributed by atoms with E-state index in [2.05, 4.69) is 66.4 Å². The van der Waals surface area contributed by atoms with Gasteiger partial charge in [0.2, 0.25) is 0 Å². The Balaban J connectivity index is 2.80. The topological polar surface area (TPSA) is 27.7 Å². The van der Waals surface area contributed by atoms with Gasteiger partial charge in [-0.3, -0.25) is 0 Å². The van der Waals surface area contributed by atoms with Crippen LogP contribution in [0.3, 0.4) is 0 Å². The zero-order valence-electron chi connectivity index (χ0n) is 18.7. The van der Waals surface area contributed by atoms with Gasteiger partial charge in [0.15, 0.2) is 8.32 Å². The molecule has 3 atom stereocenters. The van der Waals surface area contributed by atoms with Gasteiger partial charge >= 0.3 is 0 Å². The van der Waals surface area contributed by atoms with E-state index in [0.717, 1.165) is 24.2 Å². The van der Waals surface area contributed by atoms with Gasteiger partial charge < -0.3 is 13.9 Å². The number of ether oxygens (including phenoxy) is 2. The highest BCUT2D eigenvalue weighted by Crippen LogP contribution is 2.39. The molecular weight excluding hydrogens is 352 g/mol. The molecule has 1 aromatic rings. The summed E-state index contributed by atoms with van der Waals surface area (Å²) >= 11 is 0. The van der Waals surface area contributed by atoms with Gasteiger partial charge in [0.1, 0.15) is 5.75 Å². The van der Waals surface area contributed by atoms with Crippen LogP contribution in [0, 0.1) is 5.92 Å². The van der Waals surface area contributed by atoms with Crippen molar-refractivity contribution in [1.82, 2.24) is 0 Å². The van der Waals surface area contributed by atoms with Gasteiger partial charge in [0.05, 0.1) is 25.9 Å². The molecule has 3 nitrogen and oxygen atoms in total. The standard InChI is InChI=1S/C23H40O3Si/c1-10-12-22(26-27(8,9)23(4,5)6)18(3)21(11-2)25-17-19-13-15-20(24-7)16-14-19/h10,13-16,18,21-22H,1,11-12,17H2,2-9H3/t18-,21+,22+/m0/s1. The first-order chi connectivity index (χ1) is 12.6. The highest BCUT2D eigenvalue weighted by atomic mass is 28.4. The second-order valence-electron chi connectivity index (χ2n) is 8.91. The van der Waals surface area contributed by atoms with E-state index >= 15 is 0 Å². The van der Waals surface area contributed by atoms with Crippen LogP contribution < -0.4 is 4.74 Å². The fourth-order valence-electron chi connectivity index (χ4n) is 2.90. The molecule has 0 N–H and O–H groups in total. The van der Waals surface area contributed by atoms with Crippen molar-refractivity contribution in [2.24, 2.45) is 5.92 Å². The maximum absolute atomic E-state index is 6.74. The Morgan fingerprint density at radius 3 is 2.15 bits per heavy atom. The van der Waals surface area contributed by atoms with E-state index in [0.29, 0.717) is 12.5 Å². The van der Waals surface area contributed by atoms with Crippen molar-refractivity contribution in [3.05, 3.63) is 42.5 Å². The van der Waals surface area contributed by atoms with Crippen LogP contribution >= 0.6 is 0 Å². The van der Waals surface area contributed by atoms with E-state index in [1.54, 1.807) is 7.11 Å². The van der Waals surface area contributed by atoms with Crippen molar-refractivity contribution in [2.75, 3.05) is 7.11 Å². The smallest absolute Gasteiger partial charge is 0.192 e. The van der Waals surface area contributed by atoms with E-state index in [-0.39, 0.29) is 17.2 Å². The summed E-state index contributed by atoms with van der Waals surface area (Å²) < 4.78 is 18.3. The van der Waals surface area contributed by atoms with Crippen molar-refractivity contribution >= 4 is 8.32 Å². The molecule has 4 heteroatoms. The third-order valence-electron chi connectivity index (χ3n) is 5.85. The fraction of sp³-hybridized carbons (Fsp3) is 0.652. The molecule has 1 rings (SSSR count). The normalized spacial score (nSPS) is 15.9. The molecule has 0 heterocycles. The Bertz CT molecular complexity index is 560. The van der Waals surface area contributed by atoms with Crippen molar-refractivity contribution in [1.29, 1.82) is 0 Å². The molecule has 0 amide bonds. The lowest BCUT2D eigenvalue weighted by Crippen LogP contribution is -2.47. The molecule has 0 aliphatic carbocycles. The molecule has 154 valence electrons. The van der Waals surface area contributed by atoms with Gasteiger partial charge in [-0.05, 0) is 48.7 Å². The quantitative estimate of drug-likeness (QED) is 0.314. The Morgan fingerprint density at radius 1 is 1.11 bits per heavy atom. The third-order valence-corrected chi connectivity index (χ3v) is 10.4. The molecule has 0 fully saturated rings. The Kier molecular flexibility index (Phi) is 9.26. The molecule has 0 aliphatic heterocycles. The molecule has 1 aromatic carbocycles. The van der Waals surface area contributed by atoms with Crippen LogP contribution in [0.25, 0.3) is 0 Å². The molecule has 27 heavy (non-hydrogen) atoms. The summed E-state index contributed by atoms with van der Waals surface area (Å²) in [6.07, 6.45) is 4.10. The van der Waals surface area contributed by atoms with Gasteiger partial charge in [-0.15, -0.1) is 6.58 Å². The minimum Gasteiger partial charge on any atom is -0.497 e. The summed E-state index contributed by atoms with van der Waals surface area (Å²) in [7, 11) is -0.158. The first kappa shape index (κ1) is 23.9. The van der Waals surface area contributed by atoms with Crippen molar-refractivity contribution in [3.63, 3.8) is 0 Å². The van der Waals surface area contributed by atoms with Gasteiger partial charge in [-0.2, -0.15) is 0 Å². The van der Waals surface area contributed by atoms with Crippen LogP contribution in [0.15, 0.2) is 36.9 Å². The highest BCUT2D eigenvalue weighted by Gasteiger charge is 2.40. The van der Waals surface area contributed by atoms with E-state index in [1.165, 1.54) is 0 Å². The lowest BCUT2D eigenvalue weighted by molar-refractivity contribution is -0.0352. The Labute approximate surface area is 168 Å². The lowest BCUT2D eigenvalue weighted by atomic mass is 9.94. The zero-order valence-corrected chi connectivity index (χ0v) is 19.7. The van der Waals surface area contributed by atoms with E-state index in [4.69, 9.17) is 13.9 Å². The molecule has 0 bridgehead atoms. The molecule has 0 radical (unpaired) electrons. The highest BCUT2D eigenvalue weighted by molar-refractivity contribution is 6.74. The summed E-state index contributed by atoms with van der Waals surface area (Å²) in [4.78, 5) is 0. The van der Waals surface area contributed by atoms with Gasteiger partial charge in [-0.1, -0.05) is 52.8 Å². The second kappa shape index (κ2) is 10.4. The predicted octanol–water partition coefficient (Wildman–Crippen LogP) is 6.59. The van der Waals surface area contributed by atoms with Crippen LogP contribution in [0.1, 0.15) is 53.0 Å². The van der Waals surface area contributed by atoms with E-state index in [9.17, 15) is 0 Å². The SMILES string of the molecule is C=CC[C@@H](O[Si](C)(C)C(C)(C)C)[C@@H](C)[C@@H](CC)OCc1ccc(OC)cc1. The molecule has 0 saturated carbocycles. The lowest BCUT2D eigenvalue weighted by Gasteiger charge is -2.42. The molecule has 0 spiro atoms. The molecule has 0 aromatic heterocycles. The first-order valence-corrected chi connectivity index (χ1v) is 13.0. The minimum atomic E-state index is -1.84. The Morgan fingerprint density at radius 2 is 1.70 bits per heavy atom. The van der Waals surface area contributed by atoms with Gasteiger partial charge in [-0.25, -0.2) is 0 Å². The average Bonchev–Trinajstić information content (AvgIpc) is 2.61. The van der Waals surface area contributed by atoms with Crippen molar-refractivity contribution in [3.8, 4) is 5.75 Å². The largest absolute Gasteiger partial charge is 0.497 e. The Hall–Kier alpha value is -1.10. The summed E-state index contributed by atoms with van der Waals surface area (Å²) in [6, 6.07) is 8.07. The summed E-state index contributed by atoms with van der Waals surface area (Å²) in [6.45, 7) is 20.5. The number of benzene rings is 1. The van der Waals surface area contributed by atoms with E-state index < -0.39 is 8.32 Å². The molecule has 0 aliphatic rings. The van der Waals surface area contributed by atoms with Crippen LogP contribution in [-0.2, 0) is 15.8 Å². The van der Waals surface area contributed by atoms with Crippen LogP contribution in [0.2, 0.25) is 18.1 Å². The average molecular weight is 393 g/mol. The third kappa shape index (κ3) is 7.09. The van der Waals surface area contributed by atoms with Crippen LogP contribution in [-0.4, -0.2) is 27.6 Å². The maximum Gasteiger partial charge on any atom is 0.192 e. The van der Waals surface area contributed by atoms with E-state index in [1.807, 2.05) is 18.2 Å². The number of rotatable bonds is 11. The van der Waals surface area contributed by atoms with Crippen LogP contribution in [0.5, 0.6) is 5.75 Å². The number of hydrogen-bond donors (Lipinski definition) is 0. The van der Waals surface area contributed by atoms with Gasteiger partial charge in [0.25, 0.3) is 0 Å².